The summed E-state index contributed by atoms with van der Waals surface area (Å²) in [5.74, 6) is 0.236. The van der Waals surface area contributed by atoms with Crippen LogP contribution in [0.15, 0.2) is 70.1 Å². The van der Waals surface area contributed by atoms with Gasteiger partial charge in [-0.1, -0.05) is 36.1 Å². The quantitative estimate of drug-likeness (QED) is 0.223. The number of carbonyl (C=O) groups is 1. The highest BCUT2D eigenvalue weighted by Gasteiger charge is 2.33. The van der Waals surface area contributed by atoms with Crippen LogP contribution in [0.3, 0.4) is 0 Å². The van der Waals surface area contributed by atoms with Gasteiger partial charge in [0.2, 0.25) is 0 Å². The Bertz CT molecular complexity index is 1550. The highest BCUT2D eigenvalue weighted by Crippen LogP contribution is 2.32. The number of aromatic nitrogens is 1. The average Bonchev–Trinajstić information content (AvgIpc) is 3.14. The molecule has 1 aliphatic heterocycles. The standard InChI is InChI=1S/C26H22I2N2O5S/c1-4-10-35-18-8-6-15(7-9-18)22-21(25(33)34-5-2)14(3)29-26-30(22)24(32)20(36-26)12-16-11-17(27)13-19(28)23(16)31/h4,6-9,11-13,22,31H,1,5,10H2,2-3H3/b20-12-/t22-/m0/s1. The highest BCUT2D eigenvalue weighted by molar-refractivity contribution is 14.1. The van der Waals surface area contributed by atoms with Crippen LogP contribution in [0.25, 0.3) is 6.08 Å². The Morgan fingerprint density at radius 1 is 1.28 bits per heavy atom. The van der Waals surface area contributed by atoms with E-state index in [9.17, 15) is 14.7 Å². The largest absolute Gasteiger partial charge is 0.506 e. The lowest BCUT2D eigenvalue weighted by Crippen LogP contribution is -2.39. The van der Waals surface area contributed by atoms with Crippen molar-refractivity contribution < 1.29 is 19.4 Å². The van der Waals surface area contributed by atoms with Gasteiger partial charge in [-0.3, -0.25) is 9.36 Å². The average molecular weight is 728 g/mol. The van der Waals surface area contributed by atoms with E-state index in [-0.39, 0.29) is 17.9 Å². The normalized spacial score (nSPS) is 15.3. The first-order valence-electron chi connectivity index (χ1n) is 11.0. The zero-order valence-corrected chi connectivity index (χ0v) is 24.6. The molecule has 2 heterocycles. The van der Waals surface area contributed by atoms with Gasteiger partial charge >= 0.3 is 5.97 Å². The smallest absolute Gasteiger partial charge is 0.338 e. The number of benzene rings is 2. The van der Waals surface area contributed by atoms with Crippen LogP contribution in [0.4, 0.5) is 0 Å². The number of hydrogen-bond acceptors (Lipinski definition) is 7. The van der Waals surface area contributed by atoms with Crippen molar-refractivity contribution in [1.82, 2.24) is 4.57 Å². The number of ether oxygens (including phenoxy) is 2. The summed E-state index contributed by atoms with van der Waals surface area (Å²) in [7, 11) is 0. The van der Waals surface area contributed by atoms with Gasteiger partial charge in [0.25, 0.3) is 5.56 Å². The van der Waals surface area contributed by atoms with Gasteiger partial charge in [0, 0.05) is 9.13 Å². The molecule has 0 unspecified atom stereocenters. The molecule has 0 amide bonds. The first-order chi connectivity index (χ1) is 17.2. The fourth-order valence-corrected chi connectivity index (χ4v) is 6.77. The van der Waals surface area contributed by atoms with Crippen LogP contribution in [0, 0.1) is 7.14 Å². The number of hydrogen-bond donors (Lipinski definition) is 1. The molecule has 0 aliphatic carbocycles. The van der Waals surface area contributed by atoms with Crippen LogP contribution in [-0.4, -0.2) is 28.9 Å². The lowest BCUT2D eigenvalue weighted by Gasteiger charge is -2.24. The van der Waals surface area contributed by atoms with E-state index in [1.807, 2.05) is 24.3 Å². The molecular formula is C26H22I2N2O5S. The van der Waals surface area contributed by atoms with E-state index in [0.717, 1.165) is 9.13 Å². The van der Waals surface area contributed by atoms with E-state index in [1.165, 1.54) is 15.9 Å². The Kier molecular flexibility index (Phi) is 8.35. The third-order valence-electron chi connectivity index (χ3n) is 5.42. The van der Waals surface area contributed by atoms with Crippen molar-refractivity contribution in [3.8, 4) is 11.5 Å². The minimum Gasteiger partial charge on any atom is -0.506 e. The van der Waals surface area contributed by atoms with Crippen LogP contribution < -0.4 is 19.6 Å². The van der Waals surface area contributed by atoms with E-state index in [0.29, 0.717) is 42.1 Å². The van der Waals surface area contributed by atoms with Crippen molar-refractivity contribution >= 4 is 68.6 Å². The molecule has 10 heteroatoms. The zero-order valence-electron chi connectivity index (χ0n) is 19.5. The molecule has 4 rings (SSSR count). The lowest BCUT2D eigenvalue weighted by molar-refractivity contribution is -0.139. The highest BCUT2D eigenvalue weighted by atomic mass is 127. The number of rotatable bonds is 7. The van der Waals surface area contributed by atoms with Crippen molar-refractivity contribution in [2.75, 3.05) is 13.2 Å². The molecule has 36 heavy (non-hydrogen) atoms. The topological polar surface area (TPSA) is 90.1 Å². The predicted molar refractivity (Wildman–Crippen MR) is 156 cm³/mol. The molecule has 1 aliphatic rings. The van der Waals surface area contributed by atoms with E-state index in [4.69, 9.17) is 9.47 Å². The molecular weight excluding hydrogens is 706 g/mol. The van der Waals surface area contributed by atoms with Gasteiger partial charge < -0.3 is 14.6 Å². The van der Waals surface area contributed by atoms with Gasteiger partial charge in [-0.2, -0.15) is 0 Å². The number of esters is 1. The maximum atomic E-state index is 13.7. The van der Waals surface area contributed by atoms with Gasteiger partial charge in [0.05, 0.1) is 32.0 Å². The second-order valence-corrected chi connectivity index (χ2v) is 11.2. The van der Waals surface area contributed by atoms with Crippen LogP contribution in [0.2, 0.25) is 0 Å². The molecule has 0 fully saturated rings. The fraction of sp³-hybridized carbons (Fsp3) is 0.192. The maximum absolute atomic E-state index is 13.7. The molecule has 3 aromatic rings. The molecule has 0 saturated carbocycles. The first-order valence-corrected chi connectivity index (χ1v) is 13.9. The Hall–Kier alpha value is -2.45. The summed E-state index contributed by atoms with van der Waals surface area (Å²) >= 11 is 5.44. The molecule has 186 valence electrons. The molecule has 0 spiro atoms. The second kappa shape index (κ2) is 11.3. The lowest BCUT2D eigenvalue weighted by atomic mass is 9.96. The molecule has 1 aromatic heterocycles. The minimum absolute atomic E-state index is 0.108. The van der Waals surface area contributed by atoms with Gasteiger partial charge in [-0.05, 0) is 94.9 Å². The summed E-state index contributed by atoms with van der Waals surface area (Å²) in [4.78, 5) is 31.8. The molecule has 0 bridgehead atoms. The summed E-state index contributed by atoms with van der Waals surface area (Å²) in [6.45, 7) is 7.70. The SMILES string of the molecule is C=CCOc1ccc([C@H]2C(C(=O)OCC)=C(C)N=c3s/c(=C\c4cc(I)cc(I)c4O)c(=O)n32)cc1. The third kappa shape index (κ3) is 5.30. The van der Waals surface area contributed by atoms with E-state index in [2.05, 4.69) is 56.8 Å². The van der Waals surface area contributed by atoms with Crippen molar-refractivity contribution in [1.29, 1.82) is 0 Å². The summed E-state index contributed by atoms with van der Waals surface area (Å²) in [5, 5.41) is 10.6. The summed E-state index contributed by atoms with van der Waals surface area (Å²) in [6, 6.07) is 10.2. The number of carbonyl (C=O) groups excluding carboxylic acids is 1. The number of phenolic OH excluding ortho intramolecular Hbond substituents is 1. The molecule has 0 saturated heterocycles. The Labute approximate surface area is 238 Å². The van der Waals surface area contributed by atoms with Gasteiger partial charge in [-0.15, -0.1) is 0 Å². The van der Waals surface area contributed by atoms with Crippen molar-refractivity contribution in [2.24, 2.45) is 4.99 Å². The van der Waals surface area contributed by atoms with Crippen LogP contribution in [-0.2, 0) is 9.53 Å². The second-order valence-electron chi connectivity index (χ2n) is 7.80. The van der Waals surface area contributed by atoms with E-state index < -0.39 is 12.0 Å². The number of thiazole rings is 1. The number of allylic oxidation sites excluding steroid dienone is 1. The summed E-state index contributed by atoms with van der Waals surface area (Å²) in [5.41, 5.74) is 1.75. The molecule has 1 N–H and O–H groups in total. The third-order valence-corrected chi connectivity index (χ3v) is 7.85. The number of halogens is 2. The predicted octanol–water partition coefficient (Wildman–Crippen LogP) is 4.28. The van der Waals surface area contributed by atoms with E-state index in [1.54, 1.807) is 38.1 Å². The van der Waals surface area contributed by atoms with Gasteiger partial charge in [-0.25, -0.2) is 9.79 Å². The maximum Gasteiger partial charge on any atom is 0.338 e. The minimum atomic E-state index is -0.722. The fourth-order valence-electron chi connectivity index (χ4n) is 3.85. The molecule has 1 atom stereocenters. The summed E-state index contributed by atoms with van der Waals surface area (Å²) < 4.78 is 14.5. The summed E-state index contributed by atoms with van der Waals surface area (Å²) in [6.07, 6.45) is 3.32. The Balaban J connectivity index is 1.92. The number of nitrogens with zero attached hydrogens (tertiary/aromatic N) is 2. The van der Waals surface area contributed by atoms with Gasteiger partial charge in [0.1, 0.15) is 18.1 Å². The van der Waals surface area contributed by atoms with E-state index >= 15 is 0 Å². The Morgan fingerprint density at radius 2 is 2.00 bits per heavy atom. The van der Waals surface area contributed by atoms with Gasteiger partial charge in [0.15, 0.2) is 4.80 Å². The van der Waals surface area contributed by atoms with Crippen molar-refractivity contribution in [3.05, 3.63) is 98.3 Å². The monoisotopic (exact) mass is 728 g/mol. The zero-order chi connectivity index (χ0) is 26.0. The molecule has 0 radical (unpaired) electrons. The van der Waals surface area contributed by atoms with Crippen LogP contribution >= 0.6 is 56.5 Å². The van der Waals surface area contributed by atoms with Crippen LogP contribution in [0.5, 0.6) is 11.5 Å². The van der Waals surface area contributed by atoms with Crippen molar-refractivity contribution in [2.45, 2.75) is 19.9 Å². The number of phenols is 1. The number of aromatic hydroxyl groups is 1. The van der Waals surface area contributed by atoms with Crippen LogP contribution in [0.1, 0.15) is 31.0 Å². The van der Waals surface area contributed by atoms with Crippen molar-refractivity contribution in [3.63, 3.8) is 0 Å². The first kappa shape index (κ1) is 26.6. The molecule has 2 aromatic carbocycles. The Morgan fingerprint density at radius 3 is 2.67 bits per heavy atom. The number of fused-ring (bicyclic) bond motifs is 1. The molecule has 7 nitrogen and oxygen atoms in total.